The third-order valence-electron chi connectivity index (χ3n) is 9.57. The van der Waals surface area contributed by atoms with E-state index in [1.54, 1.807) is 12.1 Å². The quantitative estimate of drug-likeness (QED) is 0.574. The molecule has 0 radical (unpaired) electrons. The van der Waals surface area contributed by atoms with Crippen LogP contribution in [0.1, 0.15) is 86.2 Å². The van der Waals surface area contributed by atoms with Gasteiger partial charge in [-0.2, -0.15) is 0 Å². The molecule has 5 aliphatic rings. The zero-order chi connectivity index (χ0) is 26.6. The normalized spacial score (nSPS) is 32.2. The molecule has 0 spiro atoms. The number of nitrogens with one attached hydrogen (secondary N) is 2. The van der Waals surface area contributed by atoms with Crippen LogP contribution in [0.2, 0.25) is 0 Å². The van der Waals surface area contributed by atoms with Gasteiger partial charge in [-0.3, -0.25) is 24.6 Å². The predicted molar refractivity (Wildman–Crippen MR) is 139 cm³/mol. The molecule has 3 amide bonds. The van der Waals surface area contributed by atoms with Crippen molar-refractivity contribution in [1.82, 2.24) is 20.4 Å². The van der Waals surface area contributed by atoms with E-state index < -0.39 is 11.9 Å². The third-order valence-corrected chi connectivity index (χ3v) is 9.57. The van der Waals surface area contributed by atoms with E-state index in [1.165, 1.54) is 4.90 Å². The average Bonchev–Trinajstić information content (AvgIpc) is 3.19. The van der Waals surface area contributed by atoms with Crippen molar-refractivity contribution >= 4 is 17.7 Å². The van der Waals surface area contributed by atoms with Crippen LogP contribution in [0.25, 0.3) is 0 Å². The zero-order valence-electron chi connectivity index (χ0n) is 22.4. The largest absolute Gasteiger partial charge is 0.375 e. The molecule has 206 valence electrons. The minimum atomic E-state index is -0.736. The predicted octanol–water partition coefficient (Wildman–Crippen LogP) is 2.70. The number of fused-ring (bicyclic) bond motifs is 1. The molecule has 1 aromatic carbocycles. The Bertz CT molecular complexity index is 1130. The van der Waals surface area contributed by atoms with Gasteiger partial charge >= 0.3 is 0 Å². The van der Waals surface area contributed by atoms with Gasteiger partial charge in [-0.15, -0.1) is 0 Å². The number of carbonyl (C=O) groups is 3. The molecule has 0 bridgehead atoms. The fraction of sp³-hybridized carbons (Fsp3) is 0.690. The Morgan fingerprint density at radius 1 is 1.03 bits per heavy atom. The maximum Gasteiger partial charge on any atom is 0.255 e. The van der Waals surface area contributed by atoms with Crippen LogP contribution in [0.4, 0.5) is 4.39 Å². The molecule has 38 heavy (non-hydrogen) atoms. The van der Waals surface area contributed by atoms with Gasteiger partial charge in [-0.25, -0.2) is 4.39 Å². The SMILES string of the molecule is CC1(C)CN(C2CC(OC3CCNCC3)C2)CC[C@H]1c1ccc2c(c1F)CN([C@@H]1CCC(=O)NC1=O)C2=O. The lowest BCUT2D eigenvalue weighted by Gasteiger charge is -2.51. The number of ether oxygens (including phenoxy) is 1. The summed E-state index contributed by atoms with van der Waals surface area (Å²) in [4.78, 5) is 41.0. The Labute approximate surface area is 223 Å². The molecular weight excluding hydrogens is 487 g/mol. The number of halogens is 1. The van der Waals surface area contributed by atoms with Gasteiger partial charge in [0.15, 0.2) is 0 Å². The first-order valence-electron chi connectivity index (χ1n) is 14.3. The van der Waals surface area contributed by atoms with Crippen LogP contribution >= 0.6 is 0 Å². The number of benzene rings is 1. The average molecular weight is 527 g/mol. The van der Waals surface area contributed by atoms with Crippen molar-refractivity contribution in [1.29, 1.82) is 0 Å². The van der Waals surface area contributed by atoms with E-state index in [0.717, 1.165) is 58.3 Å². The first-order valence-corrected chi connectivity index (χ1v) is 14.3. The molecule has 2 atom stereocenters. The zero-order valence-corrected chi connectivity index (χ0v) is 22.4. The number of amides is 3. The topological polar surface area (TPSA) is 91.0 Å². The Kier molecular flexibility index (Phi) is 6.81. The monoisotopic (exact) mass is 526 g/mol. The van der Waals surface area contributed by atoms with Gasteiger partial charge in [0.2, 0.25) is 11.8 Å². The van der Waals surface area contributed by atoms with Crippen LogP contribution < -0.4 is 10.6 Å². The summed E-state index contributed by atoms with van der Waals surface area (Å²) in [6.07, 6.45) is 6.44. The van der Waals surface area contributed by atoms with Gasteiger partial charge < -0.3 is 15.0 Å². The Morgan fingerprint density at radius 2 is 1.79 bits per heavy atom. The molecule has 1 saturated carbocycles. The van der Waals surface area contributed by atoms with Gasteiger partial charge in [-0.05, 0) is 81.1 Å². The van der Waals surface area contributed by atoms with Gasteiger partial charge in [0.05, 0.1) is 18.8 Å². The maximum absolute atomic E-state index is 16.0. The summed E-state index contributed by atoms with van der Waals surface area (Å²) in [5, 5.41) is 5.70. The van der Waals surface area contributed by atoms with Crippen LogP contribution in [0, 0.1) is 11.2 Å². The second-order valence-corrected chi connectivity index (χ2v) is 12.5. The molecule has 4 fully saturated rings. The number of imide groups is 1. The van der Waals surface area contributed by atoms with Crippen molar-refractivity contribution in [3.63, 3.8) is 0 Å². The van der Waals surface area contributed by atoms with E-state index in [1.807, 2.05) is 0 Å². The highest BCUT2D eigenvalue weighted by atomic mass is 19.1. The minimum absolute atomic E-state index is 0.0469. The summed E-state index contributed by atoms with van der Waals surface area (Å²) in [5.41, 5.74) is 1.26. The van der Waals surface area contributed by atoms with Gasteiger partial charge in [0.25, 0.3) is 5.91 Å². The summed E-state index contributed by atoms with van der Waals surface area (Å²) in [7, 11) is 0. The van der Waals surface area contributed by atoms with Crippen molar-refractivity contribution in [2.75, 3.05) is 26.2 Å². The van der Waals surface area contributed by atoms with Gasteiger partial charge in [0, 0.05) is 30.1 Å². The fourth-order valence-electron chi connectivity index (χ4n) is 7.33. The second kappa shape index (κ2) is 9.99. The molecule has 9 heteroatoms. The van der Waals surface area contributed by atoms with Crippen molar-refractivity contribution in [2.24, 2.45) is 5.41 Å². The van der Waals surface area contributed by atoms with E-state index in [9.17, 15) is 14.4 Å². The fourth-order valence-corrected chi connectivity index (χ4v) is 7.33. The number of hydrogen-bond acceptors (Lipinski definition) is 6. The first-order chi connectivity index (χ1) is 18.2. The van der Waals surface area contributed by atoms with Gasteiger partial charge in [0.1, 0.15) is 11.9 Å². The lowest BCUT2D eigenvalue weighted by Crippen LogP contribution is -2.55. The van der Waals surface area contributed by atoms with Crippen molar-refractivity contribution < 1.29 is 23.5 Å². The molecule has 4 heterocycles. The van der Waals surface area contributed by atoms with E-state index in [0.29, 0.717) is 34.9 Å². The molecule has 8 nitrogen and oxygen atoms in total. The van der Waals surface area contributed by atoms with Crippen molar-refractivity contribution in [3.8, 4) is 0 Å². The van der Waals surface area contributed by atoms with E-state index in [4.69, 9.17) is 4.74 Å². The summed E-state index contributed by atoms with van der Waals surface area (Å²) in [5.74, 6) is -1.40. The maximum atomic E-state index is 16.0. The van der Waals surface area contributed by atoms with E-state index in [2.05, 4.69) is 29.4 Å². The molecule has 6 rings (SSSR count). The number of likely N-dealkylation sites (tertiary alicyclic amines) is 1. The third kappa shape index (κ3) is 4.67. The molecule has 3 saturated heterocycles. The van der Waals surface area contributed by atoms with Crippen LogP contribution in [0.3, 0.4) is 0 Å². The Hall–Kier alpha value is -2.36. The first kappa shape index (κ1) is 25.9. The Balaban J connectivity index is 1.11. The van der Waals surface area contributed by atoms with Crippen LogP contribution in [-0.2, 0) is 20.9 Å². The molecular formula is C29H39FN4O4. The number of nitrogens with zero attached hydrogens (tertiary/aromatic N) is 2. The van der Waals surface area contributed by atoms with Crippen LogP contribution in [-0.4, -0.2) is 78.0 Å². The number of rotatable bonds is 5. The summed E-state index contributed by atoms with van der Waals surface area (Å²) < 4.78 is 22.3. The molecule has 1 aliphatic carbocycles. The van der Waals surface area contributed by atoms with Crippen molar-refractivity contribution in [2.45, 2.75) is 95.5 Å². The molecule has 0 unspecified atom stereocenters. The minimum Gasteiger partial charge on any atom is -0.375 e. The summed E-state index contributed by atoms with van der Waals surface area (Å²) in [6, 6.07) is 3.32. The lowest BCUT2D eigenvalue weighted by atomic mass is 9.69. The molecule has 1 aromatic rings. The highest BCUT2D eigenvalue weighted by molar-refractivity contribution is 6.05. The van der Waals surface area contributed by atoms with Gasteiger partial charge in [-0.1, -0.05) is 19.9 Å². The number of hydrogen-bond donors (Lipinski definition) is 2. The second-order valence-electron chi connectivity index (χ2n) is 12.5. The highest BCUT2D eigenvalue weighted by Crippen LogP contribution is 2.46. The standard InChI is InChI=1S/C29H39FN4O4/c1-29(2)16-33(17-13-19(14-17)38-18-7-10-31-11-8-18)12-9-23(29)21-4-3-20-22(26(21)30)15-34(28(20)37)24-5-6-25(35)32-27(24)36/h3-4,17-19,23-24,31H,5-16H2,1-2H3,(H,32,35,36)/t17?,19?,23-,24+/m0/s1. The molecule has 2 N–H and O–H groups in total. The number of piperidine rings is 3. The van der Waals surface area contributed by atoms with E-state index >= 15 is 4.39 Å². The molecule has 4 aliphatic heterocycles. The van der Waals surface area contributed by atoms with Crippen molar-refractivity contribution in [3.05, 3.63) is 34.6 Å². The number of carbonyl (C=O) groups excluding carboxylic acids is 3. The van der Waals surface area contributed by atoms with Crippen LogP contribution in [0.15, 0.2) is 12.1 Å². The highest BCUT2D eigenvalue weighted by Gasteiger charge is 2.45. The summed E-state index contributed by atoms with van der Waals surface area (Å²) >= 11 is 0. The summed E-state index contributed by atoms with van der Waals surface area (Å²) in [6.45, 7) is 8.44. The molecule has 0 aromatic heterocycles. The smallest absolute Gasteiger partial charge is 0.255 e. The Morgan fingerprint density at radius 3 is 2.50 bits per heavy atom. The van der Waals surface area contributed by atoms with Crippen LogP contribution in [0.5, 0.6) is 0 Å². The van der Waals surface area contributed by atoms with E-state index in [-0.39, 0.29) is 48.4 Å². The lowest BCUT2D eigenvalue weighted by molar-refractivity contribution is -0.136.